The maximum atomic E-state index is 12.6. The summed E-state index contributed by atoms with van der Waals surface area (Å²) in [4.78, 5) is 37.3. The van der Waals surface area contributed by atoms with Crippen LogP contribution in [0.1, 0.15) is 168 Å². The Morgan fingerprint density at radius 1 is 0.574 bits per heavy atom. The lowest BCUT2D eigenvalue weighted by molar-refractivity contribution is -0.870. The molecule has 0 aromatic heterocycles. The summed E-state index contributed by atoms with van der Waals surface area (Å²) in [6, 6.07) is 0. The lowest BCUT2D eigenvalue weighted by Crippen LogP contribution is -2.37. The molecule has 1 unspecified atom stereocenters. The number of ether oxygens (including phenoxy) is 2. The summed E-state index contributed by atoms with van der Waals surface area (Å²) in [6.45, 7) is 4.12. The number of rotatable bonds is 38. The van der Waals surface area contributed by atoms with Crippen molar-refractivity contribution in [2.75, 3.05) is 47.5 Å². The number of phosphoric acid groups is 1. The third-order valence-electron chi connectivity index (χ3n) is 8.85. The van der Waals surface area contributed by atoms with E-state index >= 15 is 0 Å². The van der Waals surface area contributed by atoms with Gasteiger partial charge in [-0.3, -0.25) is 14.2 Å². The maximum Gasteiger partial charge on any atom is 0.306 e. The monoisotopic (exact) mass is 782 g/mol. The van der Waals surface area contributed by atoms with E-state index < -0.39 is 32.5 Å². The molecule has 0 radical (unpaired) electrons. The van der Waals surface area contributed by atoms with Crippen LogP contribution in [0.25, 0.3) is 0 Å². The number of allylic oxidation sites excluding steroid dienone is 8. The number of carbonyl (C=O) groups excluding carboxylic acids is 2. The average molecular weight is 782 g/mol. The highest BCUT2D eigenvalue weighted by Gasteiger charge is 2.21. The molecule has 0 aliphatic carbocycles. The number of phosphoric ester groups is 1. The first kappa shape index (κ1) is 52.0. The van der Waals surface area contributed by atoms with E-state index in [9.17, 15) is 19.0 Å². The molecule has 0 saturated heterocycles. The summed E-state index contributed by atoms with van der Waals surface area (Å²) >= 11 is 0. The molecule has 0 spiro atoms. The number of quaternary nitrogens is 1. The predicted molar refractivity (Wildman–Crippen MR) is 222 cm³/mol. The number of nitrogens with zero attached hydrogens (tertiary/aromatic N) is 1. The van der Waals surface area contributed by atoms with Crippen LogP contribution in [-0.4, -0.2) is 70.0 Å². The van der Waals surface area contributed by atoms with E-state index in [0.29, 0.717) is 23.9 Å². The smallest absolute Gasteiger partial charge is 0.306 e. The Morgan fingerprint density at radius 3 is 1.54 bits per heavy atom. The molecule has 0 aromatic carbocycles. The Kier molecular flexibility index (Phi) is 35.2. The van der Waals surface area contributed by atoms with Gasteiger partial charge in [-0.2, -0.15) is 0 Å². The normalized spacial score (nSPS) is 14.1. The standard InChI is InChI=1S/C44H80NO8P/c1-6-8-10-12-14-16-17-18-19-20-21-22-23-24-25-26-27-29-30-32-34-36-43(46)50-40-42(41-52-54(48,49)51-39-38-45(3,4)5)53-44(47)37-35-33-31-28-15-13-11-9-7-2/h19-20,22-23,25-26,29-30,42H,6-18,21,24,27-28,31-41H2,1-5H3/b20-19+,23-22+,26-25+,30-29+/t42-/m0/s1. The van der Waals surface area contributed by atoms with Crippen LogP contribution in [0.3, 0.4) is 0 Å². The van der Waals surface area contributed by atoms with Gasteiger partial charge in [-0.05, 0) is 51.4 Å². The molecular formula is C44H80NO8P. The summed E-state index contributed by atoms with van der Waals surface area (Å²) in [6.07, 6.45) is 41.6. The zero-order valence-corrected chi connectivity index (χ0v) is 36.0. The fourth-order valence-electron chi connectivity index (χ4n) is 5.47. The van der Waals surface area contributed by atoms with Crippen molar-refractivity contribution in [3.05, 3.63) is 48.6 Å². The van der Waals surface area contributed by atoms with Crippen LogP contribution in [0, 0.1) is 0 Å². The molecule has 0 amide bonds. The van der Waals surface area contributed by atoms with Crippen LogP contribution in [0.5, 0.6) is 0 Å². The zero-order valence-electron chi connectivity index (χ0n) is 35.2. The van der Waals surface area contributed by atoms with E-state index in [1.54, 1.807) is 0 Å². The number of likely N-dealkylation sites (N-methyl/N-ethyl adjacent to an activating group) is 1. The van der Waals surface area contributed by atoms with Gasteiger partial charge in [0.1, 0.15) is 19.8 Å². The van der Waals surface area contributed by atoms with Crippen molar-refractivity contribution in [1.29, 1.82) is 0 Å². The number of carbonyl (C=O) groups is 2. The van der Waals surface area contributed by atoms with Gasteiger partial charge in [0.25, 0.3) is 7.82 Å². The predicted octanol–water partition coefficient (Wildman–Crippen LogP) is 11.3. The first-order valence-corrected chi connectivity index (χ1v) is 22.8. The number of hydrogen-bond donors (Lipinski definition) is 0. The molecule has 2 atom stereocenters. The van der Waals surface area contributed by atoms with E-state index in [2.05, 4.69) is 62.5 Å². The second-order valence-corrected chi connectivity index (χ2v) is 16.8. The quantitative estimate of drug-likeness (QED) is 0.0200. The van der Waals surface area contributed by atoms with E-state index in [0.717, 1.165) is 44.9 Å². The van der Waals surface area contributed by atoms with E-state index in [1.807, 2.05) is 21.1 Å². The summed E-state index contributed by atoms with van der Waals surface area (Å²) in [7, 11) is 1.13. The molecule has 314 valence electrons. The Balaban J connectivity index is 4.39. The summed E-state index contributed by atoms with van der Waals surface area (Å²) in [5, 5.41) is 0. The molecular weight excluding hydrogens is 701 g/mol. The summed E-state index contributed by atoms with van der Waals surface area (Å²) < 4.78 is 33.7. The number of unbranched alkanes of at least 4 members (excludes halogenated alkanes) is 16. The molecule has 0 heterocycles. The second kappa shape index (κ2) is 36.6. The largest absolute Gasteiger partial charge is 0.756 e. The van der Waals surface area contributed by atoms with Gasteiger partial charge in [-0.15, -0.1) is 0 Å². The fourth-order valence-corrected chi connectivity index (χ4v) is 6.20. The second-order valence-electron chi connectivity index (χ2n) is 15.4. The molecule has 0 aliphatic rings. The van der Waals surface area contributed by atoms with E-state index in [1.165, 1.54) is 83.5 Å². The molecule has 0 aliphatic heterocycles. The molecule has 10 heteroatoms. The lowest BCUT2D eigenvalue weighted by Gasteiger charge is -2.28. The van der Waals surface area contributed by atoms with Crippen molar-refractivity contribution in [3.8, 4) is 0 Å². The van der Waals surface area contributed by atoms with Crippen molar-refractivity contribution in [2.45, 2.75) is 174 Å². The fraction of sp³-hybridized carbons (Fsp3) is 0.773. The van der Waals surface area contributed by atoms with Gasteiger partial charge >= 0.3 is 11.9 Å². The molecule has 0 aromatic rings. The minimum atomic E-state index is -4.63. The van der Waals surface area contributed by atoms with Crippen molar-refractivity contribution in [1.82, 2.24) is 0 Å². The topological polar surface area (TPSA) is 111 Å². The maximum absolute atomic E-state index is 12.6. The minimum absolute atomic E-state index is 0.0398. The molecule has 0 rings (SSSR count). The van der Waals surface area contributed by atoms with Crippen LogP contribution in [0.15, 0.2) is 48.6 Å². The third kappa shape index (κ3) is 39.7. The Labute approximate surface area is 331 Å². The molecule has 0 fully saturated rings. The number of hydrogen-bond acceptors (Lipinski definition) is 8. The van der Waals surface area contributed by atoms with Gasteiger partial charge in [0, 0.05) is 12.8 Å². The van der Waals surface area contributed by atoms with Crippen LogP contribution in [0.2, 0.25) is 0 Å². The van der Waals surface area contributed by atoms with Crippen LogP contribution >= 0.6 is 7.82 Å². The van der Waals surface area contributed by atoms with Crippen molar-refractivity contribution in [3.63, 3.8) is 0 Å². The van der Waals surface area contributed by atoms with Gasteiger partial charge in [0.15, 0.2) is 6.10 Å². The van der Waals surface area contributed by atoms with Crippen molar-refractivity contribution < 1.29 is 42.1 Å². The average Bonchev–Trinajstić information content (AvgIpc) is 3.12. The number of esters is 2. The van der Waals surface area contributed by atoms with Crippen LogP contribution < -0.4 is 4.89 Å². The Bertz CT molecular complexity index is 1070. The van der Waals surface area contributed by atoms with Crippen LogP contribution in [0.4, 0.5) is 0 Å². The minimum Gasteiger partial charge on any atom is -0.756 e. The zero-order chi connectivity index (χ0) is 40.0. The van der Waals surface area contributed by atoms with E-state index in [-0.39, 0.29) is 26.1 Å². The highest BCUT2D eigenvalue weighted by Crippen LogP contribution is 2.38. The Morgan fingerprint density at radius 2 is 1.02 bits per heavy atom. The molecule has 54 heavy (non-hydrogen) atoms. The van der Waals surface area contributed by atoms with Gasteiger partial charge < -0.3 is 27.9 Å². The van der Waals surface area contributed by atoms with Crippen LogP contribution in [-0.2, 0) is 32.7 Å². The molecule has 9 nitrogen and oxygen atoms in total. The molecule has 0 N–H and O–H groups in total. The highest BCUT2D eigenvalue weighted by atomic mass is 31.2. The van der Waals surface area contributed by atoms with Gasteiger partial charge in [0.05, 0.1) is 27.7 Å². The first-order valence-electron chi connectivity index (χ1n) is 21.3. The van der Waals surface area contributed by atoms with E-state index in [4.69, 9.17) is 18.5 Å². The Hall–Kier alpha value is -2.03. The van der Waals surface area contributed by atoms with Crippen molar-refractivity contribution >= 4 is 19.8 Å². The van der Waals surface area contributed by atoms with Gasteiger partial charge in [-0.25, -0.2) is 0 Å². The third-order valence-corrected chi connectivity index (χ3v) is 9.82. The highest BCUT2D eigenvalue weighted by molar-refractivity contribution is 7.45. The summed E-state index contributed by atoms with van der Waals surface area (Å²) in [5.41, 5.74) is 0. The molecule has 0 bridgehead atoms. The first-order chi connectivity index (χ1) is 26.0. The van der Waals surface area contributed by atoms with Crippen molar-refractivity contribution in [2.24, 2.45) is 0 Å². The summed E-state index contributed by atoms with van der Waals surface area (Å²) in [5.74, 6) is -0.904. The van der Waals surface area contributed by atoms with Gasteiger partial charge in [0.2, 0.25) is 0 Å². The molecule has 0 saturated carbocycles. The SMILES string of the molecule is CCCCCCCCC/C=C/C/C=C/C/C=C/C/C=C/CCCC(=O)OC[C@@H](COP(=O)([O-])OCC[N+](C)(C)C)OC(=O)CCCCCCCCCCC. The lowest BCUT2D eigenvalue weighted by atomic mass is 10.1. The van der Waals surface area contributed by atoms with Gasteiger partial charge in [-0.1, -0.05) is 152 Å².